The topological polar surface area (TPSA) is 38.0 Å². The second-order valence-electron chi connectivity index (χ2n) is 6.86. The van der Waals surface area contributed by atoms with Gasteiger partial charge in [0.15, 0.2) is 0 Å². The van der Waals surface area contributed by atoms with Gasteiger partial charge in [0, 0.05) is 19.1 Å². The number of nitrogens with two attached hydrogens (primary N) is 1. The Morgan fingerprint density at radius 1 is 1.21 bits per heavy atom. The van der Waals surface area contributed by atoms with E-state index < -0.39 is 0 Å². The first kappa shape index (κ1) is 16.2. The van der Waals surface area contributed by atoms with Gasteiger partial charge < -0.3 is 11.1 Å². The van der Waals surface area contributed by atoms with E-state index in [-0.39, 0.29) is 5.41 Å². The van der Waals surface area contributed by atoms with Crippen molar-refractivity contribution in [3.05, 3.63) is 34.9 Å². The molecule has 1 aromatic carbocycles. The molecule has 0 fully saturated rings. The van der Waals surface area contributed by atoms with Gasteiger partial charge in [-0.25, -0.2) is 0 Å². The molecule has 0 aliphatic rings. The van der Waals surface area contributed by atoms with Crippen LogP contribution in [0.25, 0.3) is 0 Å². The minimum absolute atomic E-state index is 0.217. The van der Waals surface area contributed by atoms with E-state index in [9.17, 15) is 0 Å². The second-order valence-corrected chi connectivity index (χ2v) is 6.86. The Morgan fingerprint density at radius 3 is 2.26 bits per heavy atom. The van der Waals surface area contributed by atoms with E-state index in [2.05, 4.69) is 65.1 Å². The summed E-state index contributed by atoms with van der Waals surface area (Å²) in [5.74, 6) is 0.569. The maximum atomic E-state index is 5.79. The monoisotopic (exact) mass is 262 g/mol. The molecule has 2 nitrogen and oxygen atoms in total. The molecule has 0 radical (unpaired) electrons. The normalized spacial score (nSPS) is 13.9. The van der Waals surface area contributed by atoms with Gasteiger partial charge >= 0.3 is 0 Å². The highest BCUT2D eigenvalue weighted by atomic mass is 14.9. The van der Waals surface area contributed by atoms with Crippen LogP contribution >= 0.6 is 0 Å². The minimum Gasteiger partial charge on any atom is -0.329 e. The lowest BCUT2D eigenvalue weighted by atomic mass is 9.85. The average molecular weight is 262 g/mol. The molecule has 1 aromatic rings. The van der Waals surface area contributed by atoms with Crippen molar-refractivity contribution in [2.45, 2.75) is 59.5 Å². The largest absolute Gasteiger partial charge is 0.329 e. The van der Waals surface area contributed by atoms with Crippen LogP contribution in [0, 0.1) is 12.8 Å². The van der Waals surface area contributed by atoms with Gasteiger partial charge in [-0.3, -0.25) is 0 Å². The van der Waals surface area contributed by atoms with Crippen molar-refractivity contribution in [1.82, 2.24) is 5.32 Å². The van der Waals surface area contributed by atoms with Crippen molar-refractivity contribution in [2.24, 2.45) is 11.7 Å². The lowest BCUT2D eigenvalue weighted by molar-refractivity contribution is 0.404. The van der Waals surface area contributed by atoms with Crippen molar-refractivity contribution >= 4 is 0 Å². The predicted octanol–water partition coefficient (Wildman–Crippen LogP) is 3.37. The number of rotatable bonds is 5. The average Bonchev–Trinajstić information content (AvgIpc) is 2.29. The standard InChI is InChI=1S/C17H30N2/c1-12(2)16(10-18)19-11-14-7-8-15(9-13(14)3)17(4,5)6/h7-9,12,16,19H,10-11,18H2,1-6H3. The Hall–Kier alpha value is -0.860. The third kappa shape index (κ3) is 4.63. The Kier molecular flexibility index (Phi) is 5.57. The lowest BCUT2D eigenvalue weighted by Crippen LogP contribution is -2.39. The van der Waals surface area contributed by atoms with Crippen LogP contribution in [0.5, 0.6) is 0 Å². The molecule has 0 aliphatic carbocycles. The molecule has 0 bridgehead atoms. The molecule has 0 saturated heterocycles. The summed E-state index contributed by atoms with van der Waals surface area (Å²) in [7, 11) is 0. The van der Waals surface area contributed by atoms with E-state index in [1.54, 1.807) is 0 Å². The maximum absolute atomic E-state index is 5.79. The number of benzene rings is 1. The molecule has 108 valence electrons. The van der Waals surface area contributed by atoms with Crippen molar-refractivity contribution in [2.75, 3.05) is 6.54 Å². The predicted molar refractivity (Wildman–Crippen MR) is 84.4 cm³/mol. The summed E-state index contributed by atoms with van der Waals surface area (Å²) in [5, 5.41) is 3.56. The van der Waals surface area contributed by atoms with Gasteiger partial charge in [0.2, 0.25) is 0 Å². The molecule has 0 amide bonds. The van der Waals surface area contributed by atoms with E-state index in [4.69, 9.17) is 5.73 Å². The highest BCUT2D eigenvalue weighted by Crippen LogP contribution is 2.24. The van der Waals surface area contributed by atoms with E-state index >= 15 is 0 Å². The molecular formula is C17H30N2. The maximum Gasteiger partial charge on any atom is 0.0216 e. The van der Waals surface area contributed by atoms with Crippen molar-refractivity contribution in [3.63, 3.8) is 0 Å². The number of hydrogen-bond acceptors (Lipinski definition) is 2. The van der Waals surface area contributed by atoms with E-state index in [0.717, 1.165) is 6.54 Å². The third-order valence-electron chi connectivity index (χ3n) is 3.82. The highest BCUT2D eigenvalue weighted by molar-refractivity contribution is 5.34. The second kappa shape index (κ2) is 6.53. The van der Waals surface area contributed by atoms with Crippen LogP contribution in [0.3, 0.4) is 0 Å². The quantitative estimate of drug-likeness (QED) is 0.854. The van der Waals surface area contributed by atoms with Crippen LogP contribution in [-0.4, -0.2) is 12.6 Å². The first-order chi connectivity index (χ1) is 8.75. The minimum atomic E-state index is 0.217. The fourth-order valence-electron chi connectivity index (χ4n) is 2.19. The van der Waals surface area contributed by atoms with Crippen LogP contribution in [0.4, 0.5) is 0 Å². The molecule has 3 N–H and O–H groups in total. The summed E-state index contributed by atoms with van der Waals surface area (Å²) in [5.41, 5.74) is 10.1. The smallest absolute Gasteiger partial charge is 0.0216 e. The van der Waals surface area contributed by atoms with Gasteiger partial charge in [-0.1, -0.05) is 52.8 Å². The molecular weight excluding hydrogens is 232 g/mol. The van der Waals surface area contributed by atoms with Crippen LogP contribution in [0.15, 0.2) is 18.2 Å². The van der Waals surface area contributed by atoms with Crippen molar-refractivity contribution in [1.29, 1.82) is 0 Å². The van der Waals surface area contributed by atoms with E-state index in [1.807, 2.05) is 0 Å². The van der Waals surface area contributed by atoms with Gasteiger partial charge in [-0.15, -0.1) is 0 Å². The van der Waals surface area contributed by atoms with Gasteiger partial charge in [-0.05, 0) is 34.9 Å². The zero-order chi connectivity index (χ0) is 14.6. The van der Waals surface area contributed by atoms with Gasteiger partial charge in [0.25, 0.3) is 0 Å². The molecule has 0 saturated carbocycles. The summed E-state index contributed by atoms with van der Waals surface area (Å²) >= 11 is 0. The first-order valence-corrected chi connectivity index (χ1v) is 7.29. The van der Waals surface area contributed by atoms with Gasteiger partial charge in [-0.2, -0.15) is 0 Å². The highest BCUT2D eigenvalue weighted by Gasteiger charge is 2.15. The van der Waals surface area contributed by atoms with Crippen LogP contribution in [0.1, 0.15) is 51.3 Å². The summed E-state index contributed by atoms with van der Waals surface area (Å²) in [4.78, 5) is 0. The number of aryl methyl sites for hydroxylation is 1. The van der Waals surface area contributed by atoms with Gasteiger partial charge in [0.05, 0.1) is 0 Å². The molecule has 0 aliphatic heterocycles. The first-order valence-electron chi connectivity index (χ1n) is 7.29. The Morgan fingerprint density at radius 2 is 1.84 bits per heavy atom. The Labute approximate surface area is 118 Å². The Balaban J connectivity index is 2.76. The Bertz CT molecular complexity index is 402. The summed E-state index contributed by atoms with van der Waals surface area (Å²) in [6, 6.07) is 7.19. The SMILES string of the molecule is Cc1cc(C(C)(C)C)ccc1CNC(CN)C(C)C. The van der Waals surface area contributed by atoms with Crippen LogP contribution in [-0.2, 0) is 12.0 Å². The molecule has 19 heavy (non-hydrogen) atoms. The molecule has 1 rings (SSSR count). The molecule has 0 aromatic heterocycles. The molecule has 1 atom stereocenters. The summed E-state index contributed by atoms with van der Waals surface area (Å²) < 4.78 is 0. The summed E-state index contributed by atoms with van der Waals surface area (Å²) in [6.07, 6.45) is 0. The van der Waals surface area contributed by atoms with Crippen LogP contribution < -0.4 is 11.1 Å². The van der Waals surface area contributed by atoms with Crippen molar-refractivity contribution < 1.29 is 0 Å². The molecule has 0 spiro atoms. The third-order valence-corrected chi connectivity index (χ3v) is 3.82. The number of hydrogen-bond donors (Lipinski definition) is 2. The number of nitrogens with one attached hydrogen (secondary N) is 1. The lowest BCUT2D eigenvalue weighted by Gasteiger charge is -2.23. The van der Waals surface area contributed by atoms with Gasteiger partial charge in [0.1, 0.15) is 0 Å². The van der Waals surface area contributed by atoms with E-state index in [0.29, 0.717) is 18.5 Å². The van der Waals surface area contributed by atoms with Crippen molar-refractivity contribution in [3.8, 4) is 0 Å². The van der Waals surface area contributed by atoms with E-state index in [1.165, 1.54) is 16.7 Å². The molecule has 1 unspecified atom stereocenters. The summed E-state index contributed by atoms with van der Waals surface area (Å²) in [6.45, 7) is 15.0. The molecule has 0 heterocycles. The zero-order valence-electron chi connectivity index (χ0n) is 13.4. The zero-order valence-corrected chi connectivity index (χ0v) is 13.4. The fourth-order valence-corrected chi connectivity index (χ4v) is 2.19. The molecule has 2 heteroatoms. The van der Waals surface area contributed by atoms with Crippen LogP contribution in [0.2, 0.25) is 0 Å². The fraction of sp³-hybridized carbons (Fsp3) is 0.647.